The summed E-state index contributed by atoms with van der Waals surface area (Å²) in [5.74, 6) is 0.565. The highest BCUT2D eigenvalue weighted by Gasteiger charge is 2.25. The topological polar surface area (TPSA) is 35.5 Å². The van der Waals surface area contributed by atoms with Gasteiger partial charge in [-0.2, -0.15) is 0 Å². The zero-order chi connectivity index (χ0) is 9.80. The first kappa shape index (κ1) is 10.4. The van der Waals surface area contributed by atoms with Crippen molar-refractivity contribution >= 4 is 0 Å². The highest BCUT2D eigenvalue weighted by molar-refractivity contribution is 4.79. The summed E-state index contributed by atoms with van der Waals surface area (Å²) in [6.45, 7) is 3.91. The van der Waals surface area contributed by atoms with Gasteiger partial charge < -0.3 is 10.4 Å². The van der Waals surface area contributed by atoms with Crippen LogP contribution in [-0.4, -0.2) is 42.4 Å². The van der Waals surface area contributed by atoms with Gasteiger partial charge in [0.05, 0.1) is 6.17 Å². The lowest BCUT2D eigenvalue weighted by molar-refractivity contribution is 0.0735. The predicted molar refractivity (Wildman–Crippen MR) is 57.0 cm³/mol. The van der Waals surface area contributed by atoms with Gasteiger partial charge in [0.15, 0.2) is 0 Å². The third kappa shape index (κ3) is 2.47. The Balaban J connectivity index is 1.76. The number of hydrogen-bond acceptors (Lipinski definition) is 3. The smallest absolute Gasteiger partial charge is 0.0597 e. The van der Waals surface area contributed by atoms with Crippen molar-refractivity contribution in [2.75, 3.05) is 26.2 Å². The number of piperidine rings is 2. The minimum Gasteiger partial charge on any atom is -0.396 e. The van der Waals surface area contributed by atoms with E-state index < -0.39 is 0 Å². The second-order valence-corrected chi connectivity index (χ2v) is 4.63. The third-order valence-electron chi connectivity index (χ3n) is 3.63. The Labute approximate surface area is 86.5 Å². The Hall–Kier alpha value is -0.120. The normalized spacial score (nSPS) is 31.9. The van der Waals surface area contributed by atoms with Crippen molar-refractivity contribution in [2.45, 2.75) is 38.3 Å². The van der Waals surface area contributed by atoms with Crippen LogP contribution in [0.2, 0.25) is 0 Å². The fourth-order valence-electron chi connectivity index (χ4n) is 2.59. The number of aliphatic hydroxyl groups excluding tert-OH is 1. The Morgan fingerprint density at radius 3 is 2.50 bits per heavy atom. The standard InChI is InChI=1S/C11H22N2O/c14-9-10-4-7-13(8-5-10)11-3-1-2-6-12-11/h10-12,14H,1-9H2. The molecule has 0 saturated carbocycles. The lowest BCUT2D eigenvalue weighted by Crippen LogP contribution is -2.51. The number of aliphatic hydroxyl groups is 1. The first-order valence-corrected chi connectivity index (χ1v) is 5.98. The molecule has 3 nitrogen and oxygen atoms in total. The van der Waals surface area contributed by atoms with Crippen LogP contribution >= 0.6 is 0 Å². The van der Waals surface area contributed by atoms with Gasteiger partial charge in [-0.05, 0) is 57.7 Å². The second-order valence-electron chi connectivity index (χ2n) is 4.63. The molecule has 0 amide bonds. The number of nitrogens with zero attached hydrogens (tertiary/aromatic N) is 1. The minimum absolute atomic E-state index is 0.381. The first-order valence-electron chi connectivity index (χ1n) is 5.98. The molecule has 0 aliphatic carbocycles. The van der Waals surface area contributed by atoms with Crippen LogP contribution in [-0.2, 0) is 0 Å². The highest BCUT2D eigenvalue weighted by atomic mass is 16.3. The van der Waals surface area contributed by atoms with Crippen LogP contribution in [0.4, 0.5) is 0 Å². The molecule has 0 aromatic carbocycles. The molecule has 2 aliphatic heterocycles. The number of likely N-dealkylation sites (tertiary alicyclic amines) is 1. The Bertz CT molecular complexity index is 161. The van der Waals surface area contributed by atoms with Gasteiger partial charge in [0.25, 0.3) is 0 Å². The van der Waals surface area contributed by atoms with Gasteiger partial charge in [0.1, 0.15) is 0 Å². The SMILES string of the molecule is OCC1CCN(C2CCCCN2)CC1. The van der Waals surface area contributed by atoms with Crippen LogP contribution in [0.25, 0.3) is 0 Å². The largest absolute Gasteiger partial charge is 0.396 e. The molecule has 0 aromatic rings. The molecule has 2 rings (SSSR count). The summed E-state index contributed by atoms with van der Waals surface area (Å²) in [4.78, 5) is 2.56. The molecule has 0 bridgehead atoms. The molecule has 2 N–H and O–H groups in total. The van der Waals surface area contributed by atoms with E-state index in [2.05, 4.69) is 10.2 Å². The number of hydrogen-bond donors (Lipinski definition) is 2. The third-order valence-corrected chi connectivity index (χ3v) is 3.63. The van der Waals surface area contributed by atoms with Crippen LogP contribution in [0, 0.1) is 5.92 Å². The summed E-state index contributed by atoms with van der Waals surface area (Å²) in [7, 11) is 0. The average molecular weight is 198 g/mol. The van der Waals surface area contributed by atoms with Crippen LogP contribution in [0.1, 0.15) is 32.1 Å². The van der Waals surface area contributed by atoms with Gasteiger partial charge in [-0.15, -0.1) is 0 Å². The minimum atomic E-state index is 0.381. The zero-order valence-corrected chi connectivity index (χ0v) is 8.91. The van der Waals surface area contributed by atoms with Crippen molar-refractivity contribution in [3.05, 3.63) is 0 Å². The van der Waals surface area contributed by atoms with Gasteiger partial charge >= 0.3 is 0 Å². The van der Waals surface area contributed by atoms with E-state index in [-0.39, 0.29) is 0 Å². The summed E-state index contributed by atoms with van der Waals surface area (Å²) in [5.41, 5.74) is 0. The molecule has 0 aromatic heterocycles. The fourth-order valence-corrected chi connectivity index (χ4v) is 2.59. The summed E-state index contributed by atoms with van der Waals surface area (Å²) < 4.78 is 0. The van der Waals surface area contributed by atoms with Crippen molar-refractivity contribution in [1.82, 2.24) is 10.2 Å². The zero-order valence-electron chi connectivity index (χ0n) is 8.91. The van der Waals surface area contributed by atoms with E-state index in [0.717, 1.165) is 0 Å². The van der Waals surface area contributed by atoms with Crippen molar-refractivity contribution < 1.29 is 5.11 Å². The van der Waals surface area contributed by atoms with Gasteiger partial charge in [0.2, 0.25) is 0 Å². The molecular weight excluding hydrogens is 176 g/mol. The summed E-state index contributed by atoms with van der Waals surface area (Å²) in [5, 5.41) is 12.6. The van der Waals surface area contributed by atoms with Crippen LogP contribution in [0.15, 0.2) is 0 Å². The first-order chi connectivity index (χ1) is 6.90. The van der Waals surface area contributed by atoms with Crippen molar-refractivity contribution in [3.63, 3.8) is 0 Å². The highest BCUT2D eigenvalue weighted by Crippen LogP contribution is 2.20. The average Bonchev–Trinajstić information content (AvgIpc) is 2.30. The molecule has 0 radical (unpaired) electrons. The molecule has 3 heteroatoms. The number of nitrogens with one attached hydrogen (secondary N) is 1. The van der Waals surface area contributed by atoms with Crippen molar-refractivity contribution in [2.24, 2.45) is 5.92 Å². The van der Waals surface area contributed by atoms with Gasteiger partial charge in [-0.25, -0.2) is 0 Å². The quantitative estimate of drug-likeness (QED) is 0.688. The molecular formula is C11H22N2O. The maximum Gasteiger partial charge on any atom is 0.0597 e. The van der Waals surface area contributed by atoms with Crippen molar-refractivity contribution in [3.8, 4) is 0 Å². The molecule has 2 saturated heterocycles. The van der Waals surface area contributed by atoms with Gasteiger partial charge in [-0.3, -0.25) is 4.90 Å². The molecule has 2 fully saturated rings. The monoisotopic (exact) mass is 198 g/mol. The lowest BCUT2D eigenvalue weighted by atomic mass is 9.96. The van der Waals surface area contributed by atoms with E-state index in [0.29, 0.717) is 18.7 Å². The number of rotatable bonds is 2. The van der Waals surface area contributed by atoms with Crippen molar-refractivity contribution in [1.29, 1.82) is 0 Å². The molecule has 2 aliphatic rings. The van der Waals surface area contributed by atoms with E-state index in [1.165, 1.54) is 51.7 Å². The molecule has 1 unspecified atom stereocenters. The van der Waals surface area contributed by atoms with Crippen LogP contribution in [0.3, 0.4) is 0 Å². The maximum absolute atomic E-state index is 9.05. The van der Waals surface area contributed by atoms with Gasteiger partial charge in [-0.1, -0.05) is 0 Å². The summed E-state index contributed by atoms with van der Waals surface area (Å²) in [6.07, 6.45) is 7.00. The Morgan fingerprint density at radius 2 is 1.93 bits per heavy atom. The molecule has 82 valence electrons. The second kappa shape index (κ2) is 5.10. The van der Waals surface area contributed by atoms with E-state index in [1.54, 1.807) is 0 Å². The lowest BCUT2D eigenvalue weighted by Gasteiger charge is -2.39. The maximum atomic E-state index is 9.05. The molecule has 0 spiro atoms. The molecule has 1 atom stereocenters. The Morgan fingerprint density at radius 1 is 1.14 bits per heavy atom. The summed E-state index contributed by atoms with van der Waals surface area (Å²) in [6, 6.07) is 0. The van der Waals surface area contributed by atoms with E-state index in [1.807, 2.05) is 0 Å². The van der Waals surface area contributed by atoms with Gasteiger partial charge in [0, 0.05) is 6.61 Å². The molecule has 2 heterocycles. The van der Waals surface area contributed by atoms with E-state index in [4.69, 9.17) is 5.11 Å². The molecule has 14 heavy (non-hydrogen) atoms. The fraction of sp³-hybridized carbons (Fsp3) is 1.00. The Kier molecular flexibility index (Phi) is 3.79. The predicted octanol–water partition coefficient (Wildman–Crippen LogP) is 0.790. The van der Waals surface area contributed by atoms with E-state index in [9.17, 15) is 0 Å². The van der Waals surface area contributed by atoms with E-state index >= 15 is 0 Å². The summed E-state index contributed by atoms with van der Waals surface area (Å²) >= 11 is 0. The van der Waals surface area contributed by atoms with Crippen LogP contribution < -0.4 is 5.32 Å². The van der Waals surface area contributed by atoms with Crippen LogP contribution in [0.5, 0.6) is 0 Å².